The summed E-state index contributed by atoms with van der Waals surface area (Å²) in [5.74, 6) is 1.97. The highest BCUT2D eigenvalue weighted by atomic mass is 19.1. The molecule has 1 unspecified atom stereocenters. The van der Waals surface area contributed by atoms with Crippen LogP contribution in [0, 0.1) is 18.2 Å². The monoisotopic (exact) mass is 262 g/mol. The molecule has 0 spiro atoms. The van der Waals surface area contributed by atoms with Crippen molar-refractivity contribution in [1.29, 1.82) is 0 Å². The summed E-state index contributed by atoms with van der Waals surface area (Å²) >= 11 is 0. The molecule has 2 amide bonds. The second-order valence-corrected chi connectivity index (χ2v) is 4.57. The van der Waals surface area contributed by atoms with E-state index in [9.17, 15) is 14.3 Å². The number of nitrogens with one attached hydrogen (secondary N) is 1. The number of aliphatic hydroxyl groups is 1. The number of β-amino-alcohol motifs (C(OH)–C–C–N with tert-alkyl or cyclic N) is 1. The lowest BCUT2D eigenvalue weighted by atomic mass is 9.93. The fraction of sp³-hybridized carbons (Fsp3) is 0.357. The number of hydrogen-bond donors (Lipinski definition) is 2. The molecule has 1 atom stereocenters. The number of rotatable bonds is 2. The van der Waals surface area contributed by atoms with Crippen molar-refractivity contribution in [2.75, 3.05) is 19.6 Å². The Morgan fingerprint density at radius 1 is 1.53 bits per heavy atom. The topological polar surface area (TPSA) is 52.6 Å². The van der Waals surface area contributed by atoms with E-state index in [-0.39, 0.29) is 24.9 Å². The Morgan fingerprint density at radius 3 is 2.84 bits per heavy atom. The van der Waals surface area contributed by atoms with Gasteiger partial charge >= 0.3 is 6.03 Å². The fourth-order valence-corrected chi connectivity index (χ4v) is 2.20. The van der Waals surface area contributed by atoms with Gasteiger partial charge in [-0.3, -0.25) is 0 Å². The number of urea groups is 1. The van der Waals surface area contributed by atoms with Crippen LogP contribution in [0.5, 0.6) is 0 Å². The van der Waals surface area contributed by atoms with Crippen LogP contribution in [0.3, 0.4) is 0 Å². The average molecular weight is 262 g/mol. The number of hydrogen-bond acceptors (Lipinski definition) is 2. The Kier molecular flexibility index (Phi) is 3.72. The highest BCUT2D eigenvalue weighted by Gasteiger charge is 2.39. The Hall–Kier alpha value is -2.06. The quantitative estimate of drug-likeness (QED) is 0.783. The molecule has 1 saturated heterocycles. The third-order valence-corrected chi connectivity index (χ3v) is 3.26. The minimum absolute atomic E-state index is 0.157. The van der Waals surface area contributed by atoms with E-state index in [1.165, 1.54) is 29.2 Å². The molecule has 0 bridgehead atoms. The number of benzene rings is 1. The van der Waals surface area contributed by atoms with Crippen LogP contribution in [-0.2, 0) is 5.60 Å². The number of terminal acetylenes is 1. The minimum Gasteiger partial charge on any atom is -0.383 e. The number of amides is 2. The van der Waals surface area contributed by atoms with Crippen LogP contribution in [0.1, 0.15) is 12.0 Å². The van der Waals surface area contributed by atoms with Gasteiger partial charge in [0.2, 0.25) is 0 Å². The summed E-state index contributed by atoms with van der Waals surface area (Å²) in [7, 11) is 0. The minimum atomic E-state index is -1.12. The molecule has 1 aromatic carbocycles. The Bertz CT molecular complexity index is 509. The second kappa shape index (κ2) is 5.29. The van der Waals surface area contributed by atoms with Crippen LogP contribution in [0.15, 0.2) is 24.3 Å². The average Bonchev–Trinajstić information content (AvgIpc) is 2.80. The standard InChI is InChI=1S/C14H15FN2O2/c1-2-8-16-13(18)17-9-7-14(19,10-17)11-3-5-12(15)6-4-11/h1,3-6,19H,7-10H2,(H,16,18). The van der Waals surface area contributed by atoms with Gasteiger partial charge in [0.1, 0.15) is 11.4 Å². The van der Waals surface area contributed by atoms with Gasteiger partial charge in [-0.2, -0.15) is 0 Å². The molecule has 0 aromatic heterocycles. The first-order valence-corrected chi connectivity index (χ1v) is 6.00. The van der Waals surface area contributed by atoms with Crippen LogP contribution >= 0.6 is 0 Å². The highest BCUT2D eigenvalue weighted by Crippen LogP contribution is 2.31. The van der Waals surface area contributed by atoms with Crippen molar-refractivity contribution in [3.8, 4) is 12.3 Å². The first-order chi connectivity index (χ1) is 9.05. The zero-order chi connectivity index (χ0) is 13.9. The van der Waals surface area contributed by atoms with Gasteiger partial charge in [0.25, 0.3) is 0 Å². The van der Waals surface area contributed by atoms with Crippen LogP contribution in [0.25, 0.3) is 0 Å². The number of likely N-dealkylation sites (tertiary alicyclic amines) is 1. The lowest BCUT2D eigenvalue weighted by Crippen LogP contribution is -2.40. The molecule has 5 heteroatoms. The van der Waals surface area contributed by atoms with Crippen LogP contribution in [0.4, 0.5) is 9.18 Å². The van der Waals surface area contributed by atoms with Crippen LogP contribution in [-0.4, -0.2) is 35.7 Å². The van der Waals surface area contributed by atoms with E-state index in [4.69, 9.17) is 6.42 Å². The van der Waals surface area contributed by atoms with Gasteiger partial charge in [0, 0.05) is 6.54 Å². The smallest absolute Gasteiger partial charge is 0.318 e. The van der Waals surface area contributed by atoms with Gasteiger partial charge in [0.05, 0.1) is 13.1 Å². The largest absolute Gasteiger partial charge is 0.383 e. The van der Waals surface area contributed by atoms with Crippen LogP contribution < -0.4 is 5.32 Å². The third kappa shape index (κ3) is 2.85. The van der Waals surface area contributed by atoms with E-state index >= 15 is 0 Å². The summed E-state index contributed by atoms with van der Waals surface area (Å²) < 4.78 is 12.9. The zero-order valence-electron chi connectivity index (χ0n) is 10.4. The molecule has 1 heterocycles. The Morgan fingerprint density at radius 2 is 2.21 bits per heavy atom. The van der Waals surface area contributed by atoms with Crippen LogP contribution in [0.2, 0.25) is 0 Å². The zero-order valence-corrected chi connectivity index (χ0v) is 10.4. The summed E-state index contributed by atoms with van der Waals surface area (Å²) in [6, 6.07) is 5.38. The molecule has 0 radical (unpaired) electrons. The van der Waals surface area contributed by atoms with Gasteiger partial charge in [-0.15, -0.1) is 6.42 Å². The second-order valence-electron chi connectivity index (χ2n) is 4.57. The van der Waals surface area contributed by atoms with E-state index in [1.54, 1.807) is 0 Å². The molecule has 0 saturated carbocycles. The molecular formula is C14H15FN2O2. The third-order valence-electron chi connectivity index (χ3n) is 3.26. The first kappa shape index (κ1) is 13.4. The lowest BCUT2D eigenvalue weighted by molar-refractivity contribution is 0.0494. The molecule has 1 aromatic rings. The van der Waals surface area contributed by atoms with Crippen molar-refractivity contribution in [2.45, 2.75) is 12.0 Å². The predicted octanol–water partition coefficient (Wildman–Crippen LogP) is 1.06. The van der Waals surface area contributed by atoms with Gasteiger partial charge in [-0.05, 0) is 24.1 Å². The van der Waals surface area contributed by atoms with Crippen molar-refractivity contribution in [3.63, 3.8) is 0 Å². The normalized spacial score (nSPS) is 22.1. The molecule has 19 heavy (non-hydrogen) atoms. The number of carbonyl (C=O) groups is 1. The van der Waals surface area contributed by atoms with Gasteiger partial charge < -0.3 is 15.3 Å². The molecule has 4 nitrogen and oxygen atoms in total. The summed E-state index contributed by atoms with van der Waals surface area (Å²) in [5, 5.41) is 13.1. The van der Waals surface area contributed by atoms with E-state index in [1.807, 2.05) is 0 Å². The van der Waals surface area contributed by atoms with Crippen molar-refractivity contribution < 1.29 is 14.3 Å². The van der Waals surface area contributed by atoms with Gasteiger partial charge in [-0.25, -0.2) is 9.18 Å². The highest BCUT2D eigenvalue weighted by molar-refractivity contribution is 5.75. The maximum atomic E-state index is 12.9. The SMILES string of the molecule is C#CCNC(=O)N1CCC(O)(c2ccc(F)cc2)C1. The summed E-state index contributed by atoms with van der Waals surface area (Å²) in [5.41, 5.74) is -0.512. The molecule has 2 N–H and O–H groups in total. The molecule has 1 aliphatic heterocycles. The molecule has 1 aliphatic rings. The van der Waals surface area contributed by atoms with Gasteiger partial charge in [0.15, 0.2) is 0 Å². The predicted molar refractivity (Wildman–Crippen MR) is 68.7 cm³/mol. The van der Waals surface area contributed by atoms with Crippen molar-refractivity contribution >= 4 is 6.03 Å². The maximum absolute atomic E-state index is 12.9. The molecule has 100 valence electrons. The van der Waals surface area contributed by atoms with Crippen molar-refractivity contribution in [3.05, 3.63) is 35.6 Å². The first-order valence-electron chi connectivity index (χ1n) is 6.00. The molecule has 0 aliphatic carbocycles. The summed E-state index contributed by atoms with van der Waals surface area (Å²) in [6.45, 7) is 0.767. The Balaban J connectivity index is 2.06. The number of halogens is 1. The molecule has 1 fully saturated rings. The van der Waals surface area contributed by atoms with Gasteiger partial charge in [-0.1, -0.05) is 18.1 Å². The lowest BCUT2D eigenvalue weighted by Gasteiger charge is -2.24. The maximum Gasteiger partial charge on any atom is 0.318 e. The summed E-state index contributed by atoms with van der Waals surface area (Å²) in [4.78, 5) is 13.2. The van der Waals surface area contributed by atoms with E-state index in [0.29, 0.717) is 18.5 Å². The Labute approximate surface area is 111 Å². The summed E-state index contributed by atoms with van der Waals surface area (Å²) in [6.07, 6.45) is 5.48. The number of carbonyl (C=O) groups excluding carboxylic acids is 1. The van der Waals surface area contributed by atoms with E-state index in [2.05, 4.69) is 11.2 Å². The molecular weight excluding hydrogens is 247 g/mol. The van der Waals surface area contributed by atoms with Crippen molar-refractivity contribution in [1.82, 2.24) is 10.2 Å². The van der Waals surface area contributed by atoms with Crippen molar-refractivity contribution in [2.24, 2.45) is 0 Å². The fourth-order valence-electron chi connectivity index (χ4n) is 2.20. The molecule has 2 rings (SSSR count). The van der Waals surface area contributed by atoms with E-state index < -0.39 is 5.60 Å². The number of nitrogens with zero attached hydrogens (tertiary/aromatic N) is 1. The van der Waals surface area contributed by atoms with E-state index in [0.717, 1.165) is 0 Å².